The van der Waals surface area contributed by atoms with Gasteiger partial charge < -0.3 is 22.0 Å². The van der Waals surface area contributed by atoms with Crippen molar-refractivity contribution < 1.29 is 37.1 Å². The average Bonchev–Trinajstić information content (AvgIpc) is 1.69. The summed E-state index contributed by atoms with van der Waals surface area (Å²) < 4.78 is 0.844. The molecule has 66 valence electrons. The topological polar surface area (TPSA) is 20.2 Å². The predicted molar refractivity (Wildman–Crippen MR) is 35.8 cm³/mol. The fourth-order valence-corrected chi connectivity index (χ4v) is 0.300. The maximum absolute atomic E-state index is 8.39. The average molecular weight is 230 g/mol. The first-order valence-corrected chi connectivity index (χ1v) is 4.24. The van der Waals surface area contributed by atoms with Gasteiger partial charge in [-0.2, -0.15) is 0 Å². The second-order valence-electron chi connectivity index (χ2n) is 2.74. The van der Waals surface area contributed by atoms with Crippen LogP contribution in [0.15, 0.2) is 0 Å². The summed E-state index contributed by atoms with van der Waals surface area (Å²) in [6, 6.07) is 0. The van der Waals surface area contributed by atoms with Crippen molar-refractivity contribution in [3.8, 4) is 0 Å². The molecule has 0 heterocycles. The first-order valence-electron chi connectivity index (χ1n) is 2.62. The molecule has 2 nitrogen and oxygen atoms in total. The number of rotatable bonds is 2. The Bertz CT molecular complexity index is 58.1. The van der Waals surface area contributed by atoms with Gasteiger partial charge in [-0.05, 0) is 0 Å². The van der Waals surface area contributed by atoms with E-state index in [1.165, 1.54) is 0 Å². The summed E-state index contributed by atoms with van der Waals surface area (Å²) in [7, 11) is 10.6. The molecule has 0 amide bonds. The minimum atomic E-state index is 0. The van der Waals surface area contributed by atoms with E-state index in [1.807, 2.05) is 0 Å². The number of halogens is 2. The molecule has 0 aliphatic carbocycles. The van der Waals surface area contributed by atoms with Crippen LogP contribution in [-0.2, 0) is 15.1 Å². The number of hydrogen-bond donors (Lipinski definition) is 1. The second kappa shape index (κ2) is 10.0. The van der Waals surface area contributed by atoms with Crippen molar-refractivity contribution in [1.82, 2.24) is 0 Å². The molecule has 0 fully saturated rings. The summed E-state index contributed by atoms with van der Waals surface area (Å²) in [6.07, 6.45) is 0. The normalized spacial score (nSPS) is 9.00. The zero-order valence-corrected chi connectivity index (χ0v) is 9.13. The molecule has 0 spiro atoms. The quantitative estimate of drug-likeness (QED) is 0.406. The first kappa shape index (κ1) is 17.2. The van der Waals surface area contributed by atoms with Gasteiger partial charge in [-0.25, -0.2) is 0 Å². The fourth-order valence-electron chi connectivity index (χ4n) is 0.300. The molecule has 0 rings (SSSR count). The Kier molecular flexibility index (Phi) is 17.2. The number of likely N-dealkylation sites (N-methyl/N-ethyl adjacent to an activating group) is 1. The molecule has 0 aromatic heterocycles. The summed E-state index contributed by atoms with van der Waals surface area (Å²) in [5.74, 6) is 0. The van der Waals surface area contributed by atoms with Crippen LogP contribution in [0.4, 0.5) is 0 Å². The molecule has 0 saturated heterocycles. The van der Waals surface area contributed by atoms with Gasteiger partial charge in [-0.15, -0.1) is 0 Å². The van der Waals surface area contributed by atoms with Gasteiger partial charge in [-0.1, -0.05) is 0 Å². The van der Waals surface area contributed by atoms with Crippen molar-refractivity contribution >= 4 is 10.1 Å². The van der Waals surface area contributed by atoms with E-state index in [4.69, 9.17) is 5.11 Å². The van der Waals surface area contributed by atoms with Crippen LogP contribution in [0.2, 0.25) is 0 Å². The Morgan fingerprint density at radius 1 is 1.30 bits per heavy atom. The van der Waals surface area contributed by atoms with Crippen LogP contribution in [0.5, 0.6) is 0 Å². The van der Waals surface area contributed by atoms with Crippen LogP contribution in [0.3, 0.4) is 0 Å². The molecule has 0 unspecified atom stereocenters. The van der Waals surface area contributed by atoms with Gasteiger partial charge in [0.05, 0.1) is 27.7 Å². The Hall–Kier alpha value is 1.02. The molecule has 0 radical (unpaired) electrons. The van der Waals surface area contributed by atoms with Crippen molar-refractivity contribution in [1.29, 1.82) is 0 Å². The standard InChI is InChI=1S/C5H14NO.2ClH.Mn/c1-6(2,3)4-5-7;;;/h7H,4-5H2,1-3H3;2*1H;/q+1;;;+1/p-2. The predicted octanol–water partition coefficient (Wildman–Crippen LogP) is -2.62. The van der Waals surface area contributed by atoms with Crippen molar-refractivity contribution in [3.63, 3.8) is 0 Å². The number of aliphatic hydroxyl groups is 1. The summed E-state index contributed by atoms with van der Waals surface area (Å²) in [5, 5.41) is 8.39. The summed E-state index contributed by atoms with van der Waals surface area (Å²) in [5.41, 5.74) is 0. The van der Waals surface area contributed by atoms with E-state index in [9.17, 15) is 0 Å². The van der Waals surface area contributed by atoms with Crippen LogP contribution in [0.25, 0.3) is 0 Å². The second-order valence-corrected chi connectivity index (χ2v) is 2.74. The third-order valence-electron chi connectivity index (χ3n) is 0.771. The molecule has 0 atom stereocenters. The van der Waals surface area contributed by atoms with Crippen LogP contribution in [-0.4, -0.2) is 43.9 Å². The van der Waals surface area contributed by atoms with Crippen molar-refractivity contribution in [3.05, 3.63) is 0 Å². The molecule has 10 heavy (non-hydrogen) atoms. The zero-order valence-electron chi connectivity index (χ0n) is 6.44. The van der Waals surface area contributed by atoms with Gasteiger partial charge in [0.1, 0.15) is 6.54 Å². The summed E-state index contributed by atoms with van der Waals surface area (Å²) >= 11 is 2.41. The van der Waals surface area contributed by atoms with Gasteiger partial charge in [0.15, 0.2) is 0 Å². The molecule has 0 saturated carbocycles. The molecule has 1 N–H and O–H groups in total. The molecule has 0 aromatic carbocycles. The molecule has 0 bridgehead atoms. The Balaban J connectivity index is -0.000000149. The van der Waals surface area contributed by atoms with Crippen LogP contribution >= 0.6 is 10.1 Å². The van der Waals surface area contributed by atoms with E-state index in [-0.39, 0.29) is 19.0 Å². The number of nitrogens with zero attached hydrogens (tertiary/aromatic N) is 1. The van der Waals surface area contributed by atoms with Crippen molar-refractivity contribution in [2.45, 2.75) is 0 Å². The fraction of sp³-hybridized carbons (Fsp3) is 1.00. The molecule has 0 aliphatic rings. The summed E-state index contributed by atoms with van der Waals surface area (Å²) in [6.45, 7) is 1.11. The summed E-state index contributed by atoms with van der Waals surface area (Å²) in [4.78, 5) is 0. The van der Waals surface area contributed by atoms with Crippen molar-refractivity contribution in [2.24, 2.45) is 0 Å². The molecule has 0 aromatic rings. The van der Waals surface area contributed by atoms with E-state index < -0.39 is 0 Å². The number of hydrogen-bond acceptors (Lipinski definition) is 1. The maximum atomic E-state index is 8.39. The number of aliphatic hydroxyl groups excluding tert-OH is 1. The van der Waals surface area contributed by atoms with E-state index in [0.29, 0.717) is 0 Å². The van der Waals surface area contributed by atoms with E-state index >= 15 is 0 Å². The van der Waals surface area contributed by atoms with Gasteiger partial charge in [0.25, 0.3) is 0 Å². The third kappa shape index (κ3) is 23.0. The van der Waals surface area contributed by atoms with Gasteiger partial charge >= 0.3 is 25.2 Å². The minimum absolute atomic E-state index is 0. The molecular formula is C5H14Cl2MnNO. The van der Waals surface area contributed by atoms with E-state index in [1.54, 1.807) is 0 Å². The third-order valence-corrected chi connectivity index (χ3v) is 0.771. The monoisotopic (exact) mass is 229 g/mol. The first-order chi connectivity index (χ1) is 4.06. The number of quaternary nitrogens is 1. The van der Waals surface area contributed by atoms with E-state index in [2.05, 4.69) is 46.3 Å². The van der Waals surface area contributed by atoms with Crippen molar-refractivity contribution in [2.75, 3.05) is 34.3 Å². The molecular weight excluding hydrogens is 216 g/mol. The molecule has 0 aliphatic heterocycles. The van der Waals surface area contributed by atoms with Gasteiger partial charge in [-0.3, -0.25) is 0 Å². The van der Waals surface area contributed by atoms with Crippen LogP contribution in [0.1, 0.15) is 0 Å². The van der Waals surface area contributed by atoms with Gasteiger partial charge in [0, 0.05) is 0 Å². The Morgan fingerprint density at radius 2 is 1.60 bits per heavy atom. The van der Waals surface area contributed by atoms with Gasteiger partial charge in [0.2, 0.25) is 0 Å². The Labute approximate surface area is 81.6 Å². The molecule has 5 heteroatoms. The Morgan fingerprint density at radius 3 is 1.60 bits per heavy atom. The zero-order chi connectivity index (χ0) is 7.91. The van der Waals surface area contributed by atoms with Crippen LogP contribution in [0, 0.1) is 0 Å². The van der Waals surface area contributed by atoms with Crippen LogP contribution < -0.4 is 12.4 Å². The van der Waals surface area contributed by atoms with E-state index in [0.717, 1.165) is 11.0 Å². The SMILES string of the molecule is C[N+](C)(C)CCO.[Cl-].[Cl][Mn].